The van der Waals surface area contributed by atoms with Crippen molar-refractivity contribution in [1.82, 2.24) is 9.13 Å². The fourth-order valence-corrected chi connectivity index (χ4v) is 4.08. The minimum absolute atomic E-state index is 0.0709. The van der Waals surface area contributed by atoms with Crippen molar-refractivity contribution in [1.29, 1.82) is 0 Å². The molecule has 0 radical (unpaired) electrons. The number of nitrogens with zero attached hydrogens (tertiary/aromatic N) is 2. The highest BCUT2D eigenvalue weighted by Crippen LogP contribution is 2.23. The van der Waals surface area contributed by atoms with Crippen LogP contribution in [0.15, 0.2) is 76.3 Å². The molecule has 0 saturated heterocycles. The van der Waals surface area contributed by atoms with E-state index in [2.05, 4.69) is 5.32 Å². The lowest BCUT2D eigenvalue weighted by atomic mass is 10.1. The fraction of sp³-hybridized carbons (Fsp3) is 0.250. The maximum Gasteiger partial charge on any atom is 0.332 e. The Morgan fingerprint density at radius 1 is 0.946 bits per heavy atom. The molecule has 0 spiro atoms. The smallest absolute Gasteiger partial charge is 0.332 e. The van der Waals surface area contributed by atoms with E-state index in [0.29, 0.717) is 21.6 Å². The van der Waals surface area contributed by atoms with E-state index in [1.807, 2.05) is 50.2 Å². The van der Waals surface area contributed by atoms with Crippen LogP contribution in [0.4, 0.5) is 11.4 Å². The van der Waals surface area contributed by atoms with Crippen LogP contribution in [0.2, 0.25) is 5.02 Å². The van der Waals surface area contributed by atoms with Gasteiger partial charge in [0, 0.05) is 16.4 Å². The number of hydrogen-bond acceptors (Lipinski definition) is 6. The summed E-state index contributed by atoms with van der Waals surface area (Å²) in [6, 6.07) is 19.8. The molecule has 1 aromatic heterocycles. The van der Waals surface area contributed by atoms with Crippen LogP contribution in [0, 0.1) is 0 Å². The number of fused-ring (bicyclic) bond motifs is 1. The molecule has 0 unspecified atom stereocenters. The van der Waals surface area contributed by atoms with E-state index in [1.165, 1.54) is 4.57 Å². The summed E-state index contributed by atoms with van der Waals surface area (Å²) in [4.78, 5) is 38.9. The Morgan fingerprint density at radius 3 is 2.27 bits per heavy atom. The standard InChI is InChI=1S/C28H28ClN3O5/c1-4-36-26(33)17-32-27(34)24-15-22(30-21-9-12-23(13-10-21)37-18(2)3)11-14-25(24)31(28(32)35)16-19-5-7-20(29)8-6-19/h5-15,18,30H,4,16-17H2,1-3H3. The van der Waals surface area contributed by atoms with E-state index >= 15 is 0 Å². The third-order valence-electron chi connectivity index (χ3n) is 5.59. The highest BCUT2D eigenvalue weighted by atomic mass is 35.5. The number of carbonyl (C=O) groups excluding carboxylic acids is 1. The summed E-state index contributed by atoms with van der Waals surface area (Å²) in [7, 11) is 0. The van der Waals surface area contributed by atoms with E-state index in [1.54, 1.807) is 37.3 Å². The Kier molecular flexibility index (Phi) is 7.98. The van der Waals surface area contributed by atoms with Crippen LogP contribution >= 0.6 is 11.6 Å². The number of anilines is 2. The number of benzene rings is 3. The molecule has 8 nitrogen and oxygen atoms in total. The van der Waals surface area contributed by atoms with Gasteiger partial charge in [0.15, 0.2) is 0 Å². The zero-order chi connectivity index (χ0) is 26.5. The Labute approximate surface area is 219 Å². The van der Waals surface area contributed by atoms with Crippen molar-refractivity contribution in [3.05, 3.63) is 98.2 Å². The Balaban J connectivity index is 1.77. The van der Waals surface area contributed by atoms with Crippen molar-refractivity contribution >= 4 is 39.8 Å². The van der Waals surface area contributed by atoms with Crippen LogP contribution in [0.1, 0.15) is 26.3 Å². The maximum atomic E-state index is 13.4. The van der Waals surface area contributed by atoms with Crippen LogP contribution in [0.25, 0.3) is 10.9 Å². The second-order valence-corrected chi connectivity index (χ2v) is 9.18. The number of rotatable bonds is 9. The quantitative estimate of drug-likeness (QED) is 0.313. The SMILES string of the molecule is CCOC(=O)Cn1c(=O)c2cc(Nc3ccc(OC(C)C)cc3)ccc2n(Cc2ccc(Cl)cc2)c1=O. The molecule has 4 rings (SSSR count). The number of halogens is 1. The molecule has 3 aromatic carbocycles. The summed E-state index contributed by atoms with van der Waals surface area (Å²) in [5, 5.41) is 4.15. The predicted molar refractivity (Wildman–Crippen MR) is 145 cm³/mol. The topological polar surface area (TPSA) is 91.6 Å². The number of aromatic nitrogens is 2. The molecular weight excluding hydrogens is 494 g/mol. The lowest BCUT2D eigenvalue weighted by molar-refractivity contribution is -0.143. The first-order valence-corrected chi connectivity index (χ1v) is 12.3. The highest BCUT2D eigenvalue weighted by Gasteiger charge is 2.17. The molecular formula is C28H28ClN3O5. The molecule has 0 fully saturated rings. The number of nitrogens with one attached hydrogen (secondary N) is 1. The summed E-state index contributed by atoms with van der Waals surface area (Å²) in [5.74, 6) is 0.101. The Morgan fingerprint density at radius 2 is 1.62 bits per heavy atom. The predicted octanol–water partition coefficient (Wildman–Crippen LogP) is 4.96. The van der Waals surface area contributed by atoms with Crippen LogP contribution in [-0.2, 0) is 22.6 Å². The first-order chi connectivity index (χ1) is 17.7. The molecule has 0 saturated carbocycles. The average molecular weight is 522 g/mol. The summed E-state index contributed by atoms with van der Waals surface area (Å²) >= 11 is 6.01. The van der Waals surface area contributed by atoms with Gasteiger partial charge < -0.3 is 14.8 Å². The molecule has 4 aromatic rings. The van der Waals surface area contributed by atoms with E-state index in [-0.39, 0.29) is 19.3 Å². The Bertz CT molecular complexity index is 1520. The third kappa shape index (κ3) is 6.21. The largest absolute Gasteiger partial charge is 0.491 e. The van der Waals surface area contributed by atoms with E-state index in [9.17, 15) is 14.4 Å². The van der Waals surface area contributed by atoms with Gasteiger partial charge in [-0.3, -0.25) is 14.2 Å². The van der Waals surface area contributed by atoms with E-state index < -0.39 is 23.8 Å². The molecule has 1 heterocycles. The Hall–Kier alpha value is -4.04. The monoisotopic (exact) mass is 521 g/mol. The van der Waals surface area contributed by atoms with Gasteiger partial charge >= 0.3 is 11.7 Å². The van der Waals surface area contributed by atoms with Gasteiger partial charge in [-0.1, -0.05) is 23.7 Å². The number of hydrogen-bond donors (Lipinski definition) is 1. The van der Waals surface area contributed by atoms with Crippen molar-refractivity contribution in [3.63, 3.8) is 0 Å². The summed E-state index contributed by atoms with van der Waals surface area (Å²) in [5.41, 5.74) is 1.57. The van der Waals surface area contributed by atoms with Gasteiger partial charge in [0.1, 0.15) is 12.3 Å². The highest BCUT2D eigenvalue weighted by molar-refractivity contribution is 6.30. The lowest BCUT2D eigenvalue weighted by Gasteiger charge is -2.16. The van der Waals surface area contributed by atoms with Crippen molar-refractivity contribution in [2.45, 2.75) is 40.0 Å². The molecule has 0 atom stereocenters. The van der Waals surface area contributed by atoms with E-state index in [0.717, 1.165) is 21.6 Å². The molecule has 192 valence electrons. The van der Waals surface area contributed by atoms with Gasteiger partial charge in [-0.05, 0) is 80.9 Å². The molecule has 0 aliphatic rings. The fourth-order valence-electron chi connectivity index (χ4n) is 3.96. The van der Waals surface area contributed by atoms with Crippen molar-refractivity contribution in [2.24, 2.45) is 0 Å². The zero-order valence-electron chi connectivity index (χ0n) is 20.9. The molecule has 9 heteroatoms. The summed E-state index contributed by atoms with van der Waals surface area (Å²) in [6.45, 7) is 5.45. The van der Waals surface area contributed by atoms with Gasteiger partial charge in [-0.2, -0.15) is 0 Å². The average Bonchev–Trinajstić information content (AvgIpc) is 2.87. The van der Waals surface area contributed by atoms with Gasteiger partial charge in [0.2, 0.25) is 0 Å². The van der Waals surface area contributed by atoms with Crippen molar-refractivity contribution in [2.75, 3.05) is 11.9 Å². The molecule has 0 aliphatic carbocycles. The number of carbonyl (C=O) groups is 1. The van der Waals surface area contributed by atoms with Gasteiger partial charge in [-0.15, -0.1) is 0 Å². The molecule has 0 bridgehead atoms. The summed E-state index contributed by atoms with van der Waals surface area (Å²) in [6.07, 6.45) is 0.0709. The molecule has 0 aliphatic heterocycles. The maximum absolute atomic E-state index is 13.4. The summed E-state index contributed by atoms with van der Waals surface area (Å²) < 4.78 is 13.1. The van der Waals surface area contributed by atoms with Crippen molar-refractivity contribution < 1.29 is 14.3 Å². The normalized spacial score (nSPS) is 11.1. The molecule has 0 amide bonds. The van der Waals surface area contributed by atoms with Gasteiger partial charge in [-0.25, -0.2) is 9.36 Å². The van der Waals surface area contributed by atoms with Gasteiger partial charge in [0.25, 0.3) is 5.56 Å². The minimum Gasteiger partial charge on any atom is -0.491 e. The number of esters is 1. The molecule has 37 heavy (non-hydrogen) atoms. The van der Waals surface area contributed by atoms with Crippen LogP contribution in [-0.4, -0.2) is 27.8 Å². The van der Waals surface area contributed by atoms with Crippen LogP contribution in [0.3, 0.4) is 0 Å². The second-order valence-electron chi connectivity index (χ2n) is 8.74. The van der Waals surface area contributed by atoms with Crippen LogP contribution < -0.4 is 21.3 Å². The minimum atomic E-state index is -0.655. The van der Waals surface area contributed by atoms with E-state index in [4.69, 9.17) is 21.1 Å². The number of ether oxygens (including phenoxy) is 2. The first kappa shape index (κ1) is 26.0. The van der Waals surface area contributed by atoms with Crippen molar-refractivity contribution in [3.8, 4) is 5.75 Å². The van der Waals surface area contributed by atoms with Crippen LogP contribution in [0.5, 0.6) is 5.75 Å². The third-order valence-corrected chi connectivity index (χ3v) is 5.84. The van der Waals surface area contributed by atoms with Gasteiger partial charge in [0.05, 0.1) is 30.2 Å². The lowest BCUT2D eigenvalue weighted by Crippen LogP contribution is -2.42. The first-order valence-electron chi connectivity index (χ1n) is 12.0. The molecule has 1 N–H and O–H groups in total. The zero-order valence-corrected chi connectivity index (χ0v) is 21.6. The second kappa shape index (κ2) is 11.3.